The molecule has 0 spiro atoms. The number of piperidine rings is 2. The molecule has 3 aliphatic heterocycles. The Morgan fingerprint density at radius 1 is 1.17 bits per heavy atom. The topological polar surface area (TPSA) is 133 Å². The summed E-state index contributed by atoms with van der Waals surface area (Å²) in [6, 6.07) is 0.283. The molecule has 3 heterocycles. The Bertz CT molecular complexity index is 655. The number of carbonyl (C=O) groups is 3. The van der Waals surface area contributed by atoms with Gasteiger partial charge in [-0.1, -0.05) is 0 Å². The third-order valence-electron chi connectivity index (χ3n) is 7.35. The van der Waals surface area contributed by atoms with Gasteiger partial charge in [0.05, 0.1) is 12.0 Å². The third-order valence-corrected chi connectivity index (χ3v) is 7.35. The Morgan fingerprint density at radius 3 is 2.60 bits per heavy atom. The second-order valence-electron chi connectivity index (χ2n) is 9.29. The van der Waals surface area contributed by atoms with Crippen molar-refractivity contribution in [1.82, 2.24) is 14.7 Å². The average molecular weight is 424 g/mol. The van der Waals surface area contributed by atoms with E-state index in [9.17, 15) is 19.5 Å². The molecule has 9 heteroatoms. The second-order valence-corrected chi connectivity index (χ2v) is 9.29. The van der Waals surface area contributed by atoms with E-state index in [1.165, 1.54) is 6.92 Å². The molecule has 3 fully saturated rings. The molecule has 170 valence electrons. The summed E-state index contributed by atoms with van der Waals surface area (Å²) in [6.07, 6.45) is 5.44. The fourth-order valence-corrected chi connectivity index (χ4v) is 5.63. The van der Waals surface area contributed by atoms with Crippen molar-refractivity contribution in [1.29, 1.82) is 0 Å². The summed E-state index contributed by atoms with van der Waals surface area (Å²) in [6.45, 7) is 4.72. The van der Waals surface area contributed by atoms with Gasteiger partial charge in [0.2, 0.25) is 17.7 Å². The first-order chi connectivity index (χ1) is 14.2. The summed E-state index contributed by atoms with van der Waals surface area (Å²) in [5.74, 6) is -0.786. The lowest BCUT2D eigenvalue weighted by Gasteiger charge is -2.44. The van der Waals surface area contributed by atoms with Gasteiger partial charge in [0.1, 0.15) is 5.54 Å². The highest BCUT2D eigenvalue weighted by Crippen LogP contribution is 2.43. The van der Waals surface area contributed by atoms with Crippen molar-refractivity contribution in [3.05, 3.63) is 0 Å². The van der Waals surface area contributed by atoms with E-state index >= 15 is 0 Å². The standard InChI is InChI=1S/C21H37N5O4/c1-15(27)25(11-10-24-9-3-4-16(12-24)19(22)29)13-18(28)14-26-17-5-2-7-21(26,8-6-17)20(23)30/h16-18,28H,2-14H2,1H3,(H2,22,29)(H2,23,30)/t16-,17-,18?,21+/m1/s1. The first-order valence-corrected chi connectivity index (χ1v) is 11.2. The van der Waals surface area contributed by atoms with Crippen LogP contribution in [0.25, 0.3) is 0 Å². The number of rotatable bonds is 9. The first-order valence-electron chi connectivity index (χ1n) is 11.2. The average Bonchev–Trinajstić information content (AvgIpc) is 2.89. The summed E-state index contributed by atoms with van der Waals surface area (Å²) in [7, 11) is 0. The van der Waals surface area contributed by atoms with E-state index in [0.717, 1.165) is 51.5 Å². The highest BCUT2D eigenvalue weighted by atomic mass is 16.3. The van der Waals surface area contributed by atoms with Gasteiger partial charge in [-0.15, -0.1) is 0 Å². The maximum atomic E-state index is 12.2. The number of nitrogens with two attached hydrogens (primary N) is 2. The summed E-state index contributed by atoms with van der Waals surface area (Å²) in [5.41, 5.74) is 10.6. The minimum absolute atomic E-state index is 0.0938. The van der Waals surface area contributed by atoms with Crippen LogP contribution in [0.2, 0.25) is 0 Å². The zero-order valence-electron chi connectivity index (χ0n) is 18.1. The smallest absolute Gasteiger partial charge is 0.237 e. The molecule has 30 heavy (non-hydrogen) atoms. The molecular weight excluding hydrogens is 386 g/mol. The van der Waals surface area contributed by atoms with E-state index in [2.05, 4.69) is 9.80 Å². The fourth-order valence-electron chi connectivity index (χ4n) is 5.63. The van der Waals surface area contributed by atoms with Crippen molar-refractivity contribution in [3.8, 4) is 0 Å². The lowest BCUT2D eigenvalue weighted by atomic mass is 9.87. The van der Waals surface area contributed by atoms with Gasteiger partial charge in [-0.05, 0) is 51.5 Å². The van der Waals surface area contributed by atoms with Crippen LogP contribution in [-0.2, 0) is 14.4 Å². The minimum Gasteiger partial charge on any atom is -0.390 e. The highest BCUT2D eigenvalue weighted by molar-refractivity contribution is 5.85. The molecule has 3 saturated heterocycles. The number of likely N-dealkylation sites (tertiary alicyclic amines) is 1. The van der Waals surface area contributed by atoms with Crippen molar-refractivity contribution in [2.75, 3.05) is 39.3 Å². The largest absolute Gasteiger partial charge is 0.390 e. The van der Waals surface area contributed by atoms with Crippen LogP contribution in [0.3, 0.4) is 0 Å². The van der Waals surface area contributed by atoms with E-state index in [1.807, 2.05) is 0 Å². The number of carbonyl (C=O) groups excluding carboxylic acids is 3. The van der Waals surface area contributed by atoms with Crippen molar-refractivity contribution >= 4 is 17.7 Å². The van der Waals surface area contributed by atoms with Crippen molar-refractivity contribution in [2.24, 2.45) is 17.4 Å². The Morgan fingerprint density at radius 2 is 1.93 bits per heavy atom. The highest BCUT2D eigenvalue weighted by Gasteiger charge is 2.52. The molecule has 3 rings (SSSR count). The van der Waals surface area contributed by atoms with Gasteiger partial charge in [0.15, 0.2) is 0 Å². The Hall–Kier alpha value is -1.71. The number of β-amino-alcohol motifs (C(OH)–C–C–N with tert-alkyl or cyclic N) is 1. The Balaban J connectivity index is 1.54. The van der Waals surface area contributed by atoms with E-state index in [4.69, 9.17) is 11.5 Å². The number of hydrogen-bond acceptors (Lipinski definition) is 6. The summed E-state index contributed by atoms with van der Waals surface area (Å²) >= 11 is 0. The summed E-state index contributed by atoms with van der Waals surface area (Å²) in [4.78, 5) is 41.8. The number of primary amides is 2. The van der Waals surface area contributed by atoms with Gasteiger partial charge >= 0.3 is 0 Å². The van der Waals surface area contributed by atoms with Crippen molar-refractivity contribution in [3.63, 3.8) is 0 Å². The van der Waals surface area contributed by atoms with E-state index in [1.54, 1.807) is 4.90 Å². The molecule has 0 aromatic heterocycles. The van der Waals surface area contributed by atoms with Crippen LogP contribution in [0.5, 0.6) is 0 Å². The minimum atomic E-state index is -0.744. The third kappa shape index (κ3) is 4.95. The molecule has 3 amide bonds. The maximum Gasteiger partial charge on any atom is 0.237 e. The molecule has 0 aromatic rings. The van der Waals surface area contributed by atoms with Crippen LogP contribution in [0, 0.1) is 5.92 Å². The number of aliphatic hydroxyl groups excluding tert-OH is 1. The number of aliphatic hydroxyl groups is 1. The normalized spacial score (nSPS) is 30.7. The zero-order valence-corrected chi connectivity index (χ0v) is 18.1. The van der Waals surface area contributed by atoms with Crippen LogP contribution in [0.4, 0.5) is 0 Å². The van der Waals surface area contributed by atoms with Gasteiger partial charge in [0.25, 0.3) is 0 Å². The quantitative estimate of drug-likeness (QED) is 0.448. The Kier molecular flexibility index (Phi) is 7.36. The SMILES string of the molecule is CC(=O)N(CCN1CCC[C@@H](C(N)=O)C1)CC(O)CN1[C@@H]2CCC[C@@]1(C(N)=O)CC2. The van der Waals surface area contributed by atoms with Gasteiger partial charge in [-0.2, -0.15) is 0 Å². The predicted octanol–water partition coefficient (Wildman–Crippen LogP) is -0.734. The molecule has 4 atom stereocenters. The van der Waals surface area contributed by atoms with E-state index < -0.39 is 11.6 Å². The number of nitrogens with zero attached hydrogens (tertiary/aromatic N) is 3. The van der Waals surface area contributed by atoms with Gasteiger partial charge in [0, 0.05) is 45.7 Å². The van der Waals surface area contributed by atoms with Gasteiger partial charge in [-0.25, -0.2) is 0 Å². The summed E-state index contributed by atoms with van der Waals surface area (Å²) < 4.78 is 0. The number of fused-ring (bicyclic) bond motifs is 2. The van der Waals surface area contributed by atoms with Crippen molar-refractivity contribution < 1.29 is 19.5 Å². The lowest BCUT2D eigenvalue weighted by molar-refractivity contribution is -0.135. The van der Waals surface area contributed by atoms with Gasteiger partial charge < -0.3 is 26.4 Å². The molecule has 1 unspecified atom stereocenters. The molecule has 9 nitrogen and oxygen atoms in total. The van der Waals surface area contributed by atoms with E-state index in [0.29, 0.717) is 26.2 Å². The van der Waals surface area contributed by atoms with Crippen molar-refractivity contribution in [2.45, 2.75) is 69.6 Å². The molecule has 5 N–H and O–H groups in total. The molecule has 0 aromatic carbocycles. The summed E-state index contributed by atoms with van der Waals surface area (Å²) in [5, 5.41) is 10.8. The molecular formula is C21H37N5O4. The first kappa shape index (κ1) is 23.0. The maximum absolute atomic E-state index is 12.2. The van der Waals surface area contributed by atoms with Crippen LogP contribution in [-0.4, -0.2) is 94.5 Å². The second kappa shape index (κ2) is 9.62. The Labute approximate surface area is 178 Å². The molecule has 0 saturated carbocycles. The van der Waals surface area contributed by atoms with Crippen LogP contribution < -0.4 is 11.5 Å². The van der Waals surface area contributed by atoms with Crippen LogP contribution in [0.15, 0.2) is 0 Å². The number of amides is 3. The van der Waals surface area contributed by atoms with Gasteiger partial charge in [-0.3, -0.25) is 19.3 Å². The molecule has 2 bridgehead atoms. The number of hydrogen-bond donors (Lipinski definition) is 3. The van der Waals surface area contributed by atoms with Crippen LogP contribution >= 0.6 is 0 Å². The lowest BCUT2D eigenvalue weighted by Crippen LogP contribution is -2.60. The zero-order chi connectivity index (χ0) is 21.9. The van der Waals surface area contributed by atoms with E-state index in [-0.39, 0.29) is 36.2 Å². The monoisotopic (exact) mass is 423 g/mol. The molecule has 0 radical (unpaired) electrons. The predicted molar refractivity (Wildman–Crippen MR) is 112 cm³/mol. The van der Waals surface area contributed by atoms with Crippen LogP contribution in [0.1, 0.15) is 51.9 Å². The molecule has 3 aliphatic rings. The molecule has 0 aliphatic carbocycles. The fraction of sp³-hybridized carbons (Fsp3) is 0.857.